The molecule has 0 aliphatic carbocycles. The Morgan fingerprint density at radius 3 is 2.64 bits per heavy atom. The number of aryl methyl sites for hydroxylation is 1. The fourth-order valence-electron chi connectivity index (χ4n) is 2.68. The minimum absolute atomic E-state index is 0.168. The Morgan fingerprint density at radius 1 is 1.11 bits per heavy atom. The number of hydrogen-bond donors (Lipinski definition) is 1. The van der Waals surface area contributed by atoms with Gasteiger partial charge in [-0.25, -0.2) is 4.98 Å². The number of hydrogen-bond acceptors (Lipinski definition) is 4. The lowest BCUT2D eigenvalue weighted by Gasteiger charge is -2.07. The van der Waals surface area contributed by atoms with Crippen molar-refractivity contribution in [2.75, 3.05) is 5.32 Å². The third-order valence-electron chi connectivity index (χ3n) is 4.28. The zero-order valence-electron chi connectivity index (χ0n) is 15.1. The van der Waals surface area contributed by atoms with Crippen molar-refractivity contribution in [3.8, 4) is 0 Å². The zero-order chi connectivity index (χ0) is 19.5. The molecule has 0 aliphatic rings. The Kier molecular flexibility index (Phi) is 5.37. The van der Waals surface area contributed by atoms with Gasteiger partial charge in [0.25, 0.3) is 11.1 Å². The number of amides is 1. The number of halogens is 1. The summed E-state index contributed by atoms with van der Waals surface area (Å²) in [6, 6.07) is 20.7. The van der Waals surface area contributed by atoms with Crippen LogP contribution in [-0.4, -0.2) is 10.9 Å². The molecule has 1 heterocycles. The predicted molar refractivity (Wildman–Crippen MR) is 114 cm³/mol. The maximum atomic E-state index is 12.4. The molecule has 1 aromatic heterocycles. The van der Waals surface area contributed by atoms with E-state index in [1.165, 1.54) is 11.8 Å². The monoisotopic (exact) mass is 408 g/mol. The SMILES string of the molecule is Cc1ccc(NC(=O)c2ccc(CSc3nc4ccccc4o3)cc2)cc1Cl. The highest BCUT2D eigenvalue weighted by Crippen LogP contribution is 2.26. The van der Waals surface area contributed by atoms with Crippen molar-refractivity contribution in [1.29, 1.82) is 0 Å². The number of carbonyl (C=O) groups is 1. The van der Waals surface area contributed by atoms with Crippen LogP contribution in [0.3, 0.4) is 0 Å². The van der Waals surface area contributed by atoms with Crippen LogP contribution in [0.2, 0.25) is 5.02 Å². The second-order valence-electron chi connectivity index (χ2n) is 6.35. The lowest BCUT2D eigenvalue weighted by molar-refractivity contribution is 0.102. The van der Waals surface area contributed by atoms with Crippen LogP contribution in [0.4, 0.5) is 5.69 Å². The van der Waals surface area contributed by atoms with E-state index in [1.54, 1.807) is 6.07 Å². The minimum atomic E-state index is -0.168. The van der Waals surface area contributed by atoms with Gasteiger partial charge in [-0.3, -0.25) is 4.79 Å². The maximum absolute atomic E-state index is 12.4. The highest BCUT2D eigenvalue weighted by molar-refractivity contribution is 7.98. The van der Waals surface area contributed by atoms with Gasteiger partial charge in [0.2, 0.25) is 0 Å². The van der Waals surface area contributed by atoms with E-state index >= 15 is 0 Å². The molecular formula is C22H17ClN2O2S. The Balaban J connectivity index is 1.38. The van der Waals surface area contributed by atoms with Gasteiger partial charge in [-0.05, 0) is 54.4 Å². The van der Waals surface area contributed by atoms with Gasteiger partial charge in [0.05, 0.1) is 0 Å². The molecule has 0 saturated heterocycles. The summed E-state index contributed by atoms with van der Waals surface area (Å²) < 4.78 is 5.71. The molecule has 28 heavy (non-hydrogen) atoms. The summed E-state index contributed by atoms with van der Waals surface area (Å²) in [5, 5.41) is 4.13. The van der Waals surface area contributed by atoms with Gasteiger partial charge in [0, 0.05) is 22.0 Å². The van der Waals surface area contributed by atoms with Crippen molar-refractivity contribution in [2.24, 2.45) is 0 Å². The lowest BCUT2D eigenvalue weighted by atomic mass is 10.1. The fraction of sp³-hybridized carbons (Fsp3) is 0.0909. The first-order valence-electron chi connectivity index (χ1n) is 8.73. The third kappa shape index (κ3) is 4.21. The molecule has 1 amide bonds. The second kappa shape index (κ2) is 8.09. The van der Waals surface area contributed by atoms with E-state index in [9.17, 15) is 4.79 Å². The minimum Gasteiger partial charge on any atom is -0.431 e. The molecule has 4 rings (SSSR count). The van der Waals surface area contributed by atoms with Crippen LogP contribution < -0.4 is 5.32 Å². The molecule has 1 N–H and O–H groups in total. The number of oxazole rings is 1. The van der Waals surface area contributed by atoms with E-state index in [-0.39, 0.29) is 5.91 Å². The highest BCUT2D eigenvalue weighted by Gasteiger charge is 2.09. The molecule has 0 unspecified atom stereocenters. The third-order valence-corrected chi connectivity index (χ3v) is 5.59. The van der Waals surface area contributed by atoms with Crippen LogP contribution in [0.5, 0.6) is 0 Å². The summed E-state index contributed by atoms with van der Waals surface area (Å²) in [5.74, 6) is 0.542. The van der Waals surface area contributed by atoms with Crippen LogP contribution in [-0.2, 0) is 5.75 Å². The number of nitrogens with one attached hydrogen (secondary N) is 1. The van der Waals surface area contributed by atoms with Gasteiger partial charge in [-0.1, -0.05) is 53.7 Å². The van der Waals surface area contributed by atoms with Gasteiger partial charge < -0.3 is 9.73 Å². The van der Waals surface area contributed by atoms with E-state index in [1.807, 2.05) is 67.6 Å². The maximum Gasteiger partial charge on any atom is 0.257 e. The van der Waals surface area contributed by atoms with E-state index in [2.05, 4.69) is 10.3 Å². The fourth-order valence-corrected chi connectivity index (χ4v) is 3.66. The number of carbonyl (C=O) groups excluding carboxylic acids is 1. The smallest absolute Gasteiger partial charge is 0.257 e. The molecule has 4 nitrogen and oxygen atoms in total. The summed E-state index contributed by atoms with van der Waals surface area (Å²) in [6.07, 6.45) is 0. The molecule has 6 heteroatoms. The number of para-hydroxylation sites is 2. The normalized spacial score (nSPS) is 10.9. The first-order valence-corrected chi connectivity index (χ1v) is 10.1. The Hall–Kier alpha value is -2.76. The average Bonchev–Trinajstić information content (AvgIpc) is 3.12. The Morgan fingerprint density at radius 2 is 1.89 bits per heavy atom. The molecule has 0 aliphatic heterocycles. The first kappa shape index (κ1) is 18.6. The molecule has 0 spiro atoms. The van der Waals surface area contributed by atoms with E-state index < -0.39 is 0 Å². The molecule has 0 fully saturated rings. The Bertz CT molecular complexity index is 1110. The molecule has 0 bridgehead atoms. The van der Waals surface area contributed by atoms with Crippen molar-refractivity contribution in [1.82, 2.24) is 4.98 Å². The standard InChI is InChI=1S/C22H17ClN2O2S/c1-14-6-11-17(12-18(14)23)24-21(26)16-9-7-15(8-10-16)13-28-22-25-19-4-2-3-5-20(19)27-22/h2-12H,13H2,1H3,(H,24,26). The number of benzene rings is 3. The summed E-state index contributed by atoms with van der Waals surface area (Å²) in [6.45, 7) is 1.92. The molecule has 0 radical (unpaired) electrons. The second-order valence-corrected chi connectivity index (χ2v) is 7.68. The number of rotatable bonds is 5. The molecule has 0 atom stereocenters. The molecule has 0 saturated carbocycles. The van der Waals surface area contributed by atoms with Crippen LogP contribution >= 0.6 is 23.4 Å². The molecular weight excluding hydrogens is 392 g/mol. The van der Waals surface area contributed by atoms with Gasteiger partial charge in [0.15, 0.2) is 5.58 Å². The van der Waals surface area contributed by atoms with Crippen molar-refractivity contribution in [2.45, 2.75) is 17.9 Å². The quantitative estimate of drug-likeness (QED) is 0.392. The van der Waals surface area contributed by atoms with Crippen LogP contribution in [0.1, 0.15) is 21.5 Å². The van der Waals surface area contributed by atoms with Crippen molar-refractivity contribution >= 4 is 46.1 Å². The molecule has 3 aromatic carbocycles. The number of anilines is 1. The van der Waals surface area contributed by atoms with E-state index in [0.717, 1.165) is 22.2 Å². The first-order chi connectivity index (χ1) is 13.6. The summed E-state index contributed by atoms with van der Waals surface area (Å²) in [5.41, 5.74) is 4.97. The Labute approximate surface area is 171 Å². The summed E-state index contributed by atoms with van der Waals surface area (Å²) in [7, 11) is 0. The van der Waals surface area contributed by atoms with Gasteiger partial charge in [0.1, 0.15) is 5.52 Å². The van der Waals surface area contributed by atoms with Crippen molar-refractivity contribution in [3.05, 3.63) is 88.4 Å². The van der Waals surface area contributed by atoms with Gasteiger partial charge in [-0.2, -0.15) is 0 Å². The number of thioether (sulfide) groups is 1. The van der Waals surface area contributed by atoms with Gasteiger partial charge in [-0.15, -0.1) is 0 Å². The number of aromatic nitrogens is 1. The summed E-state index contributed by atoms with van der Waals surface area (Å²) >= 11 is 7.63. The molecule has 4 aromatic rings. The van der Waals surface area contributed by atoms with Crippen molar-refractivity contribution < 1.29 is 9.21 Å². The highest BCUT2D eigenvalue weighted by atomic mass is 35.5. The summed E-state index contributed by atoms with van der Waals surface area (Å²) in [4.78, 5) is 16.9. The zero-order valence-corrected chi connectivity index (χ0v) is 16.7. The lowest BCUT2D eigenvalue weighted by Crippen LogP contribution is -2.11. The average molecular weight is 409 g/mol. The largest absolute Gasteiger partial charge is 0.431 e. The number of nitrogens with zero attached hydrogens (tertiary/aromatic N) is 1. The van der Waals surface area contributed by atoms with Crippen molar-refractivity contribution in [3.63, 3.8) is 0 Å². The van der Waals surface area contributed by atoms with E-state index in [0.29, 0.717) is 27.2 Å². The van der Waals surface area contributed by atoms with Crippen LogP contribution in [0, 0.1) is 6.92 Å². The van der Waals surface area contributed by atoms with Crippen LogP contribution in [0.15, 0.2) is 76.4 Å². The van der Waals surface area contributed by atoms with E-state index in [4.69, 9.17) is 16.0 Å². The predicted octanol–water partition coefficient (Wildman–Crippen LogP) is 6.33. The molecule has 140 valence electrons. The van der Waals surface area contributed by atoms with Crippen LogP contribution in [0.25, 0.3) is 11.1 Å². The number of fused-ring (bicyclic) bond motifs is 1. The topological polar surface area (TPSA) is 55.1 Å². The van der Waals surface area contributed by atoms with Gasteiger partial charge >= 0.3 is 0 Å².